The number of rotatable bonds is 10. The summed E-state index contributed by atoms with van der Waals surface area (Å²) in [6.45, 7) is 4.49. The molecular weight excluding hydrogens is 440 g/mol. The molecule has 0 atom stereocenters. The van der Waals surface area contributed by atoms with Crippen LogP contribution in [0.5, 0.6) is 11.5 Å². The van der Waals surface area contributed by atoms with Gasteiger partial charge in [0.15, 0.2) is 0 Å². The number of hydrogen-bond donors (Lipinski definition) is 2. The van der Waals surface area contributed by atoms with Crippen LogP contribution >= 0.6 is 11.6 Å². The molecule has 0 heterocycles. The van der Waals surface area contributed by atoms with E-state index in [0.29, 0.717) is 59.5 Å². The fraction of sp³-hybridized carbons (Fsp3) is 0.231. The summed E-state index contributed by atoms with van der Waals surface area (Å²) in [6, 6.07) is 19.7. The molecule has 2 N–H and O–H groups in total. The van der Waals surface area contributed by atoms with E-state index in [0.717, 1.165) is 5.56 Å². The Labute approximate surface area is 198 Å². The van der Waals surface area contributed by atoms with E-state index >= 15 is 0 Å². The van der Waals surface area contributed by atoms with E-state index in [4.69, 9.17) is 21.1 Å². The lowest BCUT2D eigenvalue weighted by Crippen LogP contribution is -2.16. The first-order valence-corrected chi connectivity index (χ1v) is 11.2. The molecule has 0 aliphatic rings. The lowest BCUT2D eigenvalue weighted by molar-refractivity contribution is -0.116. The van der Waals surface area contributed by atoms with Crippen molar-refractivity contribution in [3.8, 4) is 11.5 Å². The second kappa shape index (κ2) is 11.9. The number of aryl methyl sites for hydroxylation is 1. The predicted octanol–water partition coefficient (Wildman–Crippen LogP) is 5.96. The molecular formula is C26H27ClN2O4. The van der Waals surface area contributed by atoms with Gasteiger partial charge in [0.1, 0.15) is 11.5 Å². The number of carbonyl (C=O) groups is 2. The minimum absolute atomic E-state index is 0.158. The van der Waals surface area contributed by atoms with Crippen molar-refractivity contribution in [1.82, 2.24) is 0 Å². The smallest absolute Gasteiger partial charge is 0.255 e. The van der Waals surface area contributed by atoms with Gasteiger partial charge in [-0.25, -0.2) is 0 Å². The highest BCUT2D eigenvalue weighted by Crippen LogP contribution is 2.37. The normalized spacial score (nSPS) is 10.4. The minimum Gasteiger partial charge on any atom is -0.492 e. The summed E-state index contributed by atoms with van der Waals surface area (Å²) in [5, 5.41) is 6.44. The van der Waals surface area contributed by atoms with E-state index in [2.05, 4.69) is 10.6 Å². The first-order valence-electron chi connectivity index (χ1n) is 10.8. The van der Waals surface area contributed by atoms with Gasteiger partial charge in [-0.15, -0.1) is 0 Å². The van der Waals surface area contributed by atoms with Gasteiger partial charge in [-0.1, -0.05) is 41.9 Å². The summed E-state index contributed by atoms with van der Waals surface area (Å²) in [7, 11) is 0. The molecule has 0 aliphatic heterocycles. The van der Waals surface area contributed by atoms with Crippen molar-refractivity contribution in [2.45, 2.75) is 26.7 Å². The van der Waals surface area contributed by atoms with Gasteiger partial charge in [-0.05, 0) is 50.1 Å². The highest BCUT2D eigenvalue weighted by atomic mass is 35.5. The lowest BCUT2D eigenvalue weighted by Gasteiger charge is -2.18. The standard InChI is InChI=1S/C26H27ClN2O4/c1-3-32-23-17-22(29-26(31)19-8-6-5-7-9-19)24(33-4-2)16-21(23)28-25(30)15-12-18-10-13-20(27)14-11-18/h5-11,13-14,16-17H,3-4,12,15H2,1-2H3,(H,28,30)(H,29,31). The van der Waals surface area contributed by atoms with Crippen molar-refractivity contribution in [2.24, 2.45) is 0 Å². The summed E-state index contributed by atoms with van der Waals surface area (Å²) in [5.41, 5.74) is 2.50. The van der Waals surface area contributed by atoms with Gasteiger partial charge in [-0.2, -0.15) is 0 Å². The third-order valence-corrected chi connectivity index (χ3v) is 5.05. The third-order valence-electron chi connectivity index (χ3n) is 4.79. The Hall–Kier alpha value is -3.51. The monoisotopic (exact) mass is 466 g/mol. The Morgan fingerprint density at radius 1 is 0.818 bits per heavy atom. The lowest BCUT2D eigenvalue weighted by atomic mass is 10.1. The average Bonchev–Trinajstić information content (AvgIpc) is 2.82. The number of nitrogens with one attached hydrogen (secondary N) is 2. The van der Waals surface area contributed by atoms with Crippen LogP contribution in [0, 0.1) is 0 Å². The van der Waals surface area contributed by atoms with Crippen LogP contribution in [0.25, 0.3) is 0 Å². The largest absolute Gasteiger partial charge is 0.492 e. The molecule has 3 rings (SSSR count). The molecule has 33 heavy (non-hydrogen) atoms. The van der Waals surface area contributed by atoms with E-state index in [1.54, 1.807) is 48.5 Å². The van der Waals surface area contributed by atoms with Crippen LogP contribution in [0.15, 0.2) is 66.7 Å². The van der Waals surface area contributed by atoms with Gasteiger partial charge in [0.05, 0.1) is 24.6 Å². The van der Waals surface area contributed by atoms with Crippen LogP contribution in [0.3, 0.4) is 0 Å². The van der Waals surface area contributed by atoms with E-state index in [1.807, 2.05) is 32.0 Å². The zero-order valence-corrected chi connectivity index (χ0v) is 19.4. The summed E-state index contributed by atoms with van der Waals surface area (Å²) < 4.78 is 11.5. The van der Waals surface area contributed by atoms with E-state index in [1.165, 1.54) is 0 Å². The molecule has 0 radical (unpaired) electrons. The topological polar surface area (TPSA) is 76.7 Å². The first kappa shape index (κ1) is 24.1. The van der Waals surface area contributed by atoms with Gasteiger partial charge >= 0.3 is 0 Å². The number of carbonyl (C=O) groups excluding carboxylic acids is 2. The molecule has 0 bridgehead atoms. The van der Waals surface area contributed by atoms with Crippen molar-refractivity contribution in [3.05, 3.63) is 82.9 Å². The molecule has 0 saturated carbocycles. The van der Waals surface area contributed by atoms with Crippen molar-refractivity contribution in [3.63, 3.8) is 0 Å². The molecule has 172 valence electrons. The van der Waals surface area contributed by atoms with Gasteiger partial charge in [0.2, 0.25) is 5.91 Å². The number of hydrogen-bond acceptors (Lipinski definition) is 4. The van der Waals surface area contributed by atoms with Crippen LogP contribution in [0.1, 0.15) is 36.2 Å². The zero-order valence-electron chi connectivity index (χ0n) is 18.7. The summed E-state index contributed by atoms with van der Waals surface area (Å²) in [6.07, 6.45) is 0.875. The van der Waals surface area contributed by atoms with Crippen molar-refractivity contribution >= 4 is 34.8 Å². The van der Waals surface area contributed by atoms with Crippen molar-refractivity contribution < 1.29 is 19.1 Å². The Morgan fingerprint density at radius 2 is 1.39 bits per heavy atom. The number of ether oxygens (including phenoxy) is 2. The Kier molecular flexibility index (Phi) is 8.72. The fourth-order valence-corrected chi connectivity index (χ4v) is 3.34. The van der Waals surface area contributed by atoms with Crippen LogP contribution in [0.2, 0.25) is 5.02 Å². The molecule has 0 saturated heterocycles. The number of amides is 2. The minimum atomic E-state index is -0.265. The van der Waals surface area contributed by atoms with Gasteiger partial charge in [0.25, 0.3) is 5.91 Å². The molecule has 7 heteroatoms. The van der Waals surface area contributed by atoms with Crippen LogP contribution in [-0.4, -0.2) is 25.0 Å². The molecule has 3 aromatic carbocycles. The second-order valence-corrected chi connectivity index (χ2v) is 7.64. The van der Waals surface area contributed by atoms with Crippen LogP contribution in [-0.2, 0) is 11.2 Å². The summed E-state index contributed by atoms with van der Waals surface area (Å²) in [5.74, 6) is 0.468. The number of anilines is 2. The molecule has 0 fully saturated rings. The summed E-state index contributed by atoms with van der Waals surface area (Å²) in [4.78, 5) is 25.3. The Balaban J connectivity index is 1.78. The molecule has 0 unspecified atom stereocenters. The second-order valence-electron chi connectivity index (χ2n) is 7.21. The quantitative estimate of drug-likeness (QED) is 0.386. The van der Waals surface area contributed by atoms with E-state index in [9.17, 15) is 9.59 Å². The average molecular weight is 467 g/mol. The third kappa shape index (κ3) is 6.99. The molecule has 0 spiro atoms. The number of benzene rings is 3. The molecule has 0 aromatic heterocycles. The number of halogens is 1. The highest BCUT2D eigenvalue weighted by Gasteiger charge is 2.17. The van der Waals surface area contributed by atoms with E-state index in [-0.39, 0.29) is 11.8 Å². The van der Waals surface area contributed by atoms with Crippen LogP contribution < -0.4 is 20.1 Å². The van der Waals surface area contributed by atoms with Gasteiger partial charge in [0, 0.05) is 29.1 Å². The molecule has 2 amide bonds. The maximum absolute atomic E-state index is 12.7. The zero-order chi connectivity index (χ0) is 23.6. The summed E-state index contributed by atoms with van der Waals surface area (Å²) >= 11 is 5.92. The molecule has 0 aliphatic carbocycles. The SMILES string of the molecule is CCOc1cc(NC(=O)c2ccccc2)c(OCC)cc1NC(=O)CCc1ccc(Cl)cc1. The highest BCUT2D eigenvalue weighted by molar-refractivity contribution is 6.30. The van der Waals surface area contributed by atoms with Crippen molar-refractivity contribution in [2.75, 3.05) is 23.8 Å². The predicted molar refractivity (Wildman–Crippen MR) is 132 cm³/mol. The Morgan fingerprint density at radius 3 is 1.97 bits per heavy atom. The Bertz CT molecular complexity index is 1090. The van der Waals surface area contributed by atoms with E-state index < -0.39 is 0 Å². The first-order chi connectivity index (χ1) is 16.0. The maximum Gasteiger partial charge on any atom is 0.255 e. The van der Waals surface area contributed by atoms with Crippen molar-refractivity contribution in [1.29, 1.82) is 0 Å². The fourth-order valence-electron chi connectivity index (χ4n) is 3.21. The molecule has 6 nitrogen and oxygen atoms in total. The van der Waals surface area contributed by atoms with Crippen LogP contribution in [0.4, 0.5) is 11.4 Å². The molecule has 3 aromatic rings. The van der Waals surface area contributed by atoms with Gasteiger partial charge < -0.3 is 20.1 Å². The maximum atomic E-state index is 12.7. The van der Waals surface area contributed by atoms with Gasteiger partial charge in [-0.3, -0.25) is 9.59 Å².